The highest BCUT2D eigenvalue weighted by molar-refractivity contribution is 5.83. The van der Waals surface area contributed by atoms with Crippen LogP contribution in [0.5, 0.6) is 0 Å². The molecular formula is C17H12N3. The van der Waals surface area contributed by atoms with Crippen LogP contribution in [-0.4, -0.2) is 11.5 Å². The van der Waals surface area contributed by atoms with E-state index in [0.29, 0.717) is 12.1 Å². The molecule has 1 radical (unpaired) electrons. The van der Waals surface area contributed by atoms with E-state index in [4.69, 9.17) is 0 Å². The lowest BCUT2D eigenvalue weighted by Gasteiger charge is -2.15. The lowest BCUT2D eigenvalue weighted by Crippen LogP contribution is -2.15. The Hall–Kier alpha value is -2.86. The smallest absolute Gasteiger partial charge is 0.0998 e. The van der Waals surface area contributed by atoms with Crippen LogP contribution in [0.1, 0.15) is 16.8 Å². The molecule has 20 heavy (non-hydrogen) atoms. The summed E-state index contributed by atoms with van der Waals surface area (Å²) in [7, 11) is 0. The molecule has 0 aliphatic carbocycles. The summed E-state index contributed by atoms with van der Waals surface area (Å²) in [6, 6.07) is 15.6. The molecule has 0 saturated carbocycles. The third-order valence-electron chi connectivity index (χ3n) is 3.12. The maximum Gasteiger partial charge on any atom is 0.0998 e. The van der Waals surface area contributed by atoms with Gasteiger partial charge in [-0.05, 0) is 24.3 Å². The average Bonchev–Trinajstić information content (AvgIpc) is 2.56. The summed E-state index contributed by atoms with van der Waals surface area (Å²) in [6.45, 7) is 0.690. The summed E-state index contributed by atoms with van der Waals surface area (Å²) in [6.07, 6.45) is 7.02. The van der Waals surface area contributed by atoms with Gasteiger partial charge in [0.05, 0.1) is 17.3 Å². The van der Waals surface area contributed by atoms with Gasteiger partial charge in [-0.25, -0.2) is 0 Å². The average molecular weight is 258 g/mol. The zero-order valence-electron chi connectivity index (χ0n) is 10.8. The SMILES string of the molecule is N#Cc1ccccc1C1=CNCC(c2ccccn2)=[C]1. The van der Waals surface area contributed by atoms with Crippen molar-refractivity contribution in [2.45, 2.75) is 0 Å². The lowest BCUT2D eigenvalue weighted by molar-refractivity contribution is 0.978. The Labute approximate surface area is 117 Å². The van der Waals surface area contributed by atoms with Crippen LogP contribution in [0.25, 0.3) is 11.1 Å². The van der Waals surface area contributed by atoms with Crippen molar-refractivity contribution in [3.63, 3.8) is 0 Å². The van der Waals surface area contributed by atoms with E-state index in [9.17, 15) is 5.26 Å². The van der Waals surface area contributed by atoms with E-state index in [-0.39, 0.29) is 0 Å². The van der Waals surface area contributed by atoms with Crippen molar-refractivity contribution >= 4 is 11.1 Å². The molecule has 0 fully saturated rings. The second kappa shape index (κ2) is 5.41. The minimum Gasteiger partial charge on any atom is -0.386 e. The van der Waals surface area contributed by atoms with Gasteiger partial charge in [0.25, 0.3) is 0 Å². The highest BCUT2D eigenvalue weighted by atomic mass is 14.8. The van der Waals surface area contributed by atoms with Gasteiger partial charge in [-0.3, -0.25) is 4.98 Å². The zero-order valence-corrected chi connectivity index (χ0v) is 10.8. The van der Waals surface area contributed by atoms with E-state index in [0.717, 1.165) is 22.4 Å². The Bertz CT molecular complexity index is 721. The van der Waals surface area contributed by atoms with Crippen molar-refractivity contribution in [3.8, 4) is 6.07 Å². The molecule has 0 unspecified atom stereocenters. The van der Waals surface area contributed by atoms with Crippen molar-refractivity contribution in [1.82, 2.24) is 10.3 Å². The number of allylic oxidation sites excluding steroid dienone is 2. The van der Waals surface area contributed by atoms with Gasteiger partial charge in [0, 0.05) is 35.7 Å². The number of pyridine rings is 1. The summed E-state index contributed by atoms with van der Waals surface area (Å²) >= 11 is 0. The first-order chi connectivity index (χ1) is 9.88. The van der Waals surface area contributed by atoms with E-state index >= 15 is 0 Å². The number of aromatic nitrogens is 1. The molecule has 0 saturated heterocycles. The maximum absolute atomic E-state index is 9.19. The Balaban J connectivity index is 2.02. The number of nitrogens with one attached hydrogen (secondary N) is 1. The van der Waals surface area contributed by atoms with Crippen molar-refractivity contribution in [1.29, 1.82) is 5.26 Å². The summed E-state index contributed by atoms with van der Waals surface area (Å²) in [5.41, 5.74) is 4.32. The predicted molar refractivity (Wildman–Crippen MR) is 78.0 cm³/mol. The van der Waals surface area contributed by atoms with Crippen molar-refractivity contribution in [2.24, 2.45) is 0 Å². The van der Waals surface area contributed by atoms with Crippen LogP contribution in [0.3, 0.4) is 0 Å². The molecule has 0 bridgehead atoms. The summed E-state index contributed by atoms with van der Waals surface area (Å²) in [5, 5.41) is 12.4. The van der Waals surface area contributed by atoms with Crippen molar-refractivity contribution < 1.29 is 0 Å². The third kappa shape index (κ3) is 2.32. The summed E-state index contributed by atoms with van der Waals surface area (Å²) in [5.74, 6) is 0. The number of hydrogen-bond acceptors (Lipinski definition) is 3. The largest absolute Gasteiger partial charge is 0.386 e. The first kappa shape index (κ1) is 12.2. The number of nitriles is 1. The van der Waals surface area contributed by atoms with Crippen LogP contribution in [0, 0.1) is 17.4 Å². The maximum atomic E-state index is 9.19. The molecular weight excluding hydrogens is 246 g/mol. The van der Waals surface area contributed by atoms with Gasteiger partial charge in [0.1, 0.15) is 0 Å². The first-order valence-corrected chi connectivity index (χ1v) is 6.36. The van der Waals surface area contributed by atoms with E-state index < -0.39 is 0 Å². The highest BCUT2D eigenvalue weighted by Crippen LogP contribution is 2.25. The van der Waals surface area contributed by atoms with E-state index in [1.807, 2.05) is 48.7 Å². The van der Waals surface area contributed by atoms with Crippen LogP contribution in [0.15, 0.2) is 54.9 Å². The molecule has 1 aromatic heterocycles. The van der Waals surface area contributed by atoms with E-state index in [1.54, 1.807) is 6.20 Å². The van der Waals surface area contributed by atoms with Gasteiger partial charge in [-0.15, -0.1) is 0 Å². The predicted octanol–water partition coefficient (Wildman–Crippen LogP) is 2.78. The molecule has 1 N–H and O–H groups in total. The number of benzene rings is 1. The van der Waals surface area contributed by atoms with Crippen LogP contribution in [0.2, 0.25) is 0 Å². The molecule has 3 heteroatoms. The molecule has 1 aliphatic heterocycles. The van der Waals surface area contributed by atoms with Gasteiger partial charge < -0.3 is 5.32 Å². The number of nitrogens with zero attached hydrogens (tertiary/aromatic N) is 2. The highest BCUT2D eigenvalue weighted by Gasteiger charge is 2.12. The minimum absolute atomic E-state index is 0.648. The molecule has 3 nitrogen and oxygen atoms in total. The Kier molecular flexibility index (Phi) is 3.30. The standard InChI is InChI=1S/C17H12N3/c18-10-13-5-1-2-6-16(13)14-9-15(12-19-11-14)17-7-3-4-8-20-17/h1-8,11,19H,12H2. The Morgan fingerprint density at radius 2 is 2.00 bits per heavy atom. The molecule has 0 amide bonds. The van der Waals surface area contributed by atoms with Crippen LogP contribution in [-0.2, 0) is 0 Å². The second-order valence-corrected chi connectivity index (χ2v) is 4.41. The van der Waals surface area contributed by atoms with Gasteiger partial charge >= 0.3 is 0 Å². The molecule has 2 aromatic rings. The summed E-state index contributed by atoms with van der Waals surface area (Å²) in [4.78, 5) is 4.34. The van der Waals surface area contributed by atoms with Crippen molar-refractivity contribution in [2.75, 3.05) is 6.54 Å². The number of hydrogen-bond donors (Lipinski definition) is 1. The normalized spacial score (nSPS) is 13.8. The fraction of sp³-hybridized carbons (Fsp3) is 0.0588. The van der Waals surface area contributed by atoms with Crippen molar-refractivity contribution in [3.05, 3.63) is 77.8 Å². The fourth-order valence-electron chi connectivity index (χ4n) is 2.15. The Morgan fingerprint density at radius 3 is 2.80 bits per heavy atom. The molecule has 0 spiro atoms. The van der Waals surface area contributed by atoms with Gasteiger partial charge in [0.2, 0.25) is 0 Å². The van der Waals surface area contributed by atoms with Crippen LogP contribution < -0.4 is 5.32 Å². The van der Waals surface area contributed by atoms with Gasteiger partial charge in [-0.1, -0.05) is 24.3 Å². The van der Waals surface area contributed by atoms with Crippen LogP contribution >= 0.6 is 0 Å². The lowest BCUT2D eigenvalue weighted by atomic mass is 9.96. The van der Waals surface area contributed by atoms with E-state index in [1.165, 1.54) is 0 Å². The second-order valence-electron chi connectivity index (χ2n) is 4.41. The van der Waals surface area contributed by atoms with Crippen LogP contribution in [0.4, 0.5) is 0 Å². The number of rotatable bonds is 2. The number of dihydropyridines is 1. The monoisotopic (exact) mass is 258 g/mol. The van der Waals surface area contributed by atoms with Gasteiger partial charge in [-0.2, -0.15) is 5.26 Å². The molecule has 2 heterocycles. The Morgan fingerprint density at radius 1 is 1.15 bits per heavy atom. The van der Waals surface area contributed by atoms with Gasteiger partial charge in [0.15, 0.2) is 0 Å². The third-order valence-corrected chi connectivity index (χ3v) is 3.12. The molecule has 1 aromatic carbocycles. The summed E-state index contributed by atoms with van der Waals surface area (Å²) < 4.78 is 0. The molecule has 95 valence electrons. The quantitative estimate of drug-likeness (QED) is 0.901. The minimum atomic E-state index is 0.648. The molecule has 1 aliphatic rings. The molecule has 3 rings (SSSR count). The van der Waals surface area contributed by atoms with E-state index in [2.05, 4.69) is 22.4 Å². The zero-order chi connectivity index (χ0) is 13.8. The topological polar surface area (TPSA) is 48.7 Å². The molecule has 0 atom stereocenters. The first-order valence-electron chi connectivity index (χ1n) is 6.36. The fourth-order valence-corrected chi connectivity index (χ4v) is 2.15.